The Balaban J connectivity index is 3.19. The van der Waals surface area contributed by atoms with E-state index in [9.17, 15) is 4.79 Å². The summed E-state index contributed by atoms with van der Waals surface area (Å²) in [6, 6.07) is 1.81. The minimum Gasteiger partial charge on any atom is -0.477 e. The first-order valence-corrected chi connectivity index (χ1v) is 5.62. The van der Waals surface area contributed by atoms with Gasteiger partial charge in [-0.25, -0.2) is 4.79 Å². The fraction of sp³-hybridized carbons (Fsp3) is 0.545. The van der Waals surface area contributed by atoms with Gasteiger partial charge in [-0.05, 0) is 23.5 Å². The van der Waals surface area contributed by atoms with Gasteiger partial charge in [-0.15, -0.1) is 11.3 Å². The normalized spacial score (nSPS) is 11.3. The van der Waals surface area contributed by atoms with Crippen molar-refractivity contribution in [2.45, 2.75) is 39.5 Å². The molecule has 14 heavy (non-hydrogen) atoms. The van der Waals surface area contributed by atoms with E-state index in [1.54, 1.807) is 0 Å². The van der Waals surface area contributed by atoms with Crippen molar-refractivity contribution in [3.05, 3.63) is 21.4 Å². The van der Waals surface area contributed by atoms with E-state index in [0.717, 1.165) is 0 Å². The van der Waals surface area contributed by atoms with Crippen LogP contribution in [0.25, 0.3) is 0 Å². The van der Waals surface area contributed by atoms with Crippen LogP contribution >= 0.6 is 11.3 Å². The lowest BCUT2D eigenvalue weighted by Crippen LogP contribution is -1.92. The lowest BCUT2D eigenvalue weighted by molar-refractivity contribution is 0.0702. The Bertz CT molecular complexity index is 312. The van der Waals surface area contributed by atoms with E-state index >= 15 is 0 Å². The Morgan fingerprint density at radius 1 is 1.29 bits per heavy atom. The number of hydrogen-bond acceptors (Lipinski definition) is 2. The van der Waals surface area contributed by atoms with Crippen molar-refractivity contribution in [2.75, 3.05) is 0 Å². The molecule has 0 spiro atoms. The molecule has 3 heteroatoms. The van der Waals surface area contributed by atoms with Gasteiger partial charge in [-0.1, -0.05) is 27.7 Å². The van der Waals surface area contributed by atoms with Crippen LogP contribution in [0.5, 0.6) is 0 Å². The molecule has 2 nitrogen and oxygen atoms in total. The maximum Gasteiger partial charge on any atom is 0.345 e. The highest BCUT2D eigenvalue weighted by atomic mass is 32.1. The van der Waals surface area contributed by atoms with Crippen molar-refractivity contribution in [1.82, 2.24) is 0 Å². The van der Waals surface area contributed by atoms with Gasteiger partial charge in [0.1, 0.15) is 4.88 Å². The van der Waals surface area contributed by atoms with E-state index in [1.807, 2.05) is 6.07 Å². The molecule has 1 aromatic rings. The highest BCUT2D eigenvalue weighted by Gasteiger charge is 2.17. The van der Waals surface area contributed by atoms with Crippen LogP contribution in [0.4, 0.5) is 0 Å². The van der Waals surface area contributed by atoms with Crippen LogP contribution in [0.2, 0.25) is 0 Å². The molecule has 1 rings (SSSR count). The van der Waals surface area contributed by atoms with Crippen LogP contribution < -0.4 is 0 Å². The van der Waals surface area contributed by atoms with Crippen LogP contribution in [0.1, 0.15) is 59.6 Å². The maximum atomic E-state index is 10.8. The van der Waals surface area contributed by atoms with Gasteiger partial charge in [0.2, 0.25) is 0 Å². The van der Waals surface area contributed by atoms with Crippen molar-refractivity contribution in [3.8, 4) is 0 Å². The fourth-order valence-electron chi connectivity index (χ4n) is 1.43. The smallest absolute Gasteiger partial charge is 0.345 e. The number of carboxylic acids is 1. The molecule has 0 aliphatic carbocycles. The minimum atomic E-state index is -0.816. The number of thiophene rings is 1. The Kier molecular flexibility index (Phi) is 3.32. The molecule has 0 fully saturated rings. The summed E-state index contributed by atoms with van der Waals surface area (Å²) in [5, 5.41) is 8.90. The van der Waals surface area contributed by atoms with Crippen molar-refractivity contribution >= 4 is 17.3 Å². The van der Waals surface area contributed by atoms with Gasteiger partial charge in [-0.3, -0.25) is 0 Å². The summed E-state index contributed by atoms with van der Waals surface area (Å²) in [6.45, 7) is 8.39. The van der Waals surface area contributed by atoms with E-state index in [-0.39, 0.29) is 0 Å². The molecule has 1 aromatic heterocycles. The molecule has 0 aromatic carbocycles. The average Bonchev–Trinajstić information content (AvgIpc) is 2.47. The van der Waals surface area contributed by atoms with Gasteiger partial charge in [0.05, 0.1) is 0 Å². The highest BCUT2D eigenvalue weighted by molar-refractivity contribution is 7.14. The van der Waals surface area contributed by atoms with E-state index in [1.165, 1.54) is 21.8 Å². The van der Waals surface area contributed by atoms with Crippen LogP contribution in [0, 0.1) is 0 Å². The number of carboxylic acid groups (broad SMARTS) is 1. The molecule has 0 radical (unpaired) electrons. The molecule has 0 bridgehead atoms. The summed E-state index contributed by atoms with van der Waals surface area (Å²) < 4.78 is 0. The summed E-state index contributed by atoms with van der Waals surface area (Å²) in [5.41, 5.74) is 1.18. The van der Waals surface area contributed by atoms with Crippen molar-refractivity contribution in [1.29, 1.82) is 0 Å². The largest absolute Gasteiger partial charge is 0.477 e. The Labute approximate surface area is 88.6 Å². The Hall–Kier alpha value is -0.830. The summed E-state index contributed by atoms with van der Waals surface area (Å²) in [5.74, 6) is -0.00829. The Morgan fingerprint density at radius 2 is 1.86 bits per heavy atom. The first-order valence-electron chi connectivity index (χ1n) is 4.80. The second kappa shape index (κ2) is 4.13. The standard InChI is InChI=1S/C11H16O2S/c1-6(2)8-5-9(11(12)13)14-10(8)7(3)4/h5-7H,1-4H3,(H,12,13). The van der Waals surface area contributed by atoms with E-state index in [4.69, 9.17) is 5.11 Å². The Morgan fingerprint density at radius 3 is 2.14 bits per heavy atom. The third-order valence-corrected chi connectivity index (χ3v) is 3.59. The molecule has 0 aliphatic rings. The third kappa shape index (κ3) is 2.15. The lowest BCUT2D eigenvalue weighted by Gasteiger charge is -2.08. The molecule has 78 valence electrons. The van der Waals surface area contributed by atoms with Crippen molar-refractivity contribution < 1.29 is 9.90 Å². The SMILES string of the molecule is CC(C)c1cc(C(=O)O)sc1C(C)C. The summed E-state index contributed by atoms with van der Waals surface area (Å²) in [7, 11) is 0. The molecule has 0 saturated heterocycles. The van der Waals surface area contributed by atoms with Crippen molar-refractivity contribution in [3.63, 3.8) is 0 Å². The van der Waals surface area contributed by atoms with Crippen LogP contribution in [-0.4, -0.2) is 11.1 Å². The molecular formula is C11H16O2S. The molecular weight excluding hydrogens is 196 g/mol. The fourth-order valence-corrected chi connectivity index (χ4v) is 2.59. The van der Waals surface area contributed by atoms with Gasteiger partial charge >= 0.3 is 5.97 Å². The second-order valence-corrected chi connectivity index (χ2v) is 5.13. The predicted octanol–water partition coefficient (Wildman–Crippen LogP) is 3.69. The van der Waals surface area contributed by atoms with Gasteiger partial charge < -0.3 is 5.11 Å². The lowest BCUT2D eigenvalue weighted by atomic mass is 9.99. The average molecular weight is 212 g/mol. The van der Waals surface area contributed by atoms with Gasteiger partial charge in [0.15, 0.2) is 0 Å². The molecule has 0 saturated carbocycles. The zero-order valence-electron chi connectivity index (χ0n) is 9.00. The van der Waals surface area contributed by atoms with E-state index in [2.05, 4.69) is 27.7 Å². The first kappa shape index (κ1) is 11.2. The van der Waals surface area contributed by atoms with Crippen LogP contribution in [-0.2, 0) is 0 Å². The van der Waals surface area contributed by atoms with Gasteiger partial charge in [0, 0.05) is 4.88 Å². The molecule has 0 aliphatic heterocycles. The zero-order chi connectivity index (χ0) is 10.9. The first-order chi connectivity index (χ1) is 6.43. The number of carbonyl (C=O) groups is 1. The van der Waals surface area contributed by atoms with Crippen LogP contribution in [0.3, 0.4) is 0 Å². The monoisotopic (exact) mass is 212 g/mol. The second-order valence-electron chi connectivity index (χ2n) is 4.04. The molecule has 1 heterocycles. The number of hydrogen-bond donors (Lipinski definition) is 1. The molecule has 0 unspecified atom stereocenters. The molecule has 0 atom stereocenters. The van der Waals surface area contributed by atoms with E-state index < -0.39 is 5.97 Å². The highest BCUT2D eigenvalue weighted by Crippen LogP contribution is 2.33. The number of rotatable bonds is 3. The summed E-state index contributed by atoms with van der Waals surface area (Å²) in [6.07, 6.45) is 0. The maximum absolute atomic E-state index is 10.8. The number of aromatic carboxylic acids is 1. The van der Waals surface area contributed by atoms with Gasteiger partial charge in [-0.2, -0.15) is 0 Å². The van der Waals surface area contributed by atoms with Gasteiger partial charge in [0.25, 0.3) is 0 Å². The third-order valence-electron chi connectivity index (χ3n) is 2.15. The minimum absolute atomic E-state index is 0.400. The molecule has 0 amide bonds. The summed E-state index contributed by atoms with van der Waals surface area (Å²) in [4.78, 5) is 12.5. The predicted molar refractivity (Wildman–Crippen MR) is 59.5 cm³/mol. The van der Waals surface area contributed by atoms with E-state index in [0.29, 0.717) is 16.7 Å². The summed E-state index contributed by atoms with van der Waals surface area (Å²) >= 11 is 1.40. The topological polar surface area (TPSA) is 37.3 Å². The quantitative estimate of drug-likeness (QED) is 0.829. The van der Waals surface area contributed by atoms with Crippen LogP contribution in [0.15, 0.2) is 6.07 Å². The molecule has 1 N–H and O–H groups in total. The zero-order valence-corrected chi connectivity index (χ0v) is 9.81. The van der Waals surface area contributed by atoms with Crippen molar-refractivity contribution in [2.24, 2.45) is 0 Å².